The molecule has 0 atom stereocenters. The second-order valence-corrected chi connectivity index (χ2v) is 3.87. The molecular formula is C11H13NO. The van der Waals surface area contributed by atoms with Crippen LogP contribution in [0.4, 0.5) is 0 Å². The molecule has 1 aromatic heterocycles. The summed E-state index contributed by atoms with van der Waals surface area (Å²) in [5.41, 5.74) is 3.47. The summed E-state index contributed by atoms with van der Waals surface area (Å²) in [6.07, 6.45) is 2.94. The number of pyridine rings is 1. The lowest BCUT2D eigenvalue weighted by Crippen LogP contribution is -1.97. The van der Waals surface area contributed by atoms with Gasteiger partial charge in [-0.1, -0.05) is 13.8 Å². The van der Waals surface area contributed by atoms with Crippen molar-refractivity contribution in [2.24, 2.45) is 0 Å². The van der Waals surface area contributed by atoms with Crippen LogP contribution < -0.4 is 0 Å². The van der Waals surface area contributed by atoms with Crippen molar-refractivity contribution in [1.82, 2.24) is 4.98 Å². The molecule has 1 heterocycles. The van der Waals surface area contributed by atoms with E-state index in [9.17, 15) is 4.79 Å². The molecule has 0 aliphatic heterocycles. The van der Waals surface area contributed by atoms with Crippen LogP contribution in [0.15, 0.2) is 12.3 Å². The zero-order valence-electron chi connectivity index (χ0n) is 8.00. The minimum absolute atomic E-state index is 0.301. The molecule has 2 nitrogen and oxygen atoms in total. The summed E-state index contributed by atoms with van der Waals surface area (Å²) in [6, 6.07) is 2.03. The van der Waals surface area contributed by atoms with E-state index in [-0.39, 0.29) is 0 Å². The van der Waals surface area contributed by atoms with E-state index in [1.165, 1.54) is 11.1 Å². The molecule has 1 aliphatic rings. The fraction of sp³-hybridized carbons (Fsp3) is 0.455. The monoisotopic (exact) mass is 175 g/mol. The lowest BCUT2D eigenvalue weighted by atomic mass is 9.98. The summed E-state index contributed by atoms with van der Waals surface area (Å²) < 4.78 is 0. The second-order valence-electron chi connectivity index (χ2n) is 3.87. The Balaban J connectivity index is 2.51. The molecule has 68 valence electrons. The minimum atomic E-state index is 0.301. The molecule has 1 aromatic rings. The molecule has 13 heavy (non-hydrogen) atoms. The van der Waals surface area contributed by atoms with E-state index in [4.69, 9.17) is 0 Å². The predicted molar refractivity (Wildman–Crippen MR) is 50.7 cm³/mol. The highest BCUT2D eigenvalue weighted by Gasteiger charge is 2.22. The summed E-state index contributed by atoms with van der Waals surface area (Å²) in [5, 5.41) is 0. The van der Waals surface area contributed by atoms with Crippen molar-refractivity contribution in [3.63, 3.8) is 0 Å². The van der Waals surface area contributed by atoms with Crippen LogP contribution in [-0.2, 0) is 17.6 Å². The number of carbonyl (C=O) groups excluding carboxylic acids is 1. The van der Waals surface area contributed by atoms with Gasteiger partial charge in [-0.3, -0.25) is 9.78 Å². The molecule has 0 amide bonds. The third-order valence-electron chi connectivity index (χ3n) is 2.54. The highest BCUT2D eigenvalue weighted by Crippen LogP contribution is 2.26. The Labute approximate surface area is 78.0 Å². The first-order valence-electron chi connectivity index (χ1n) is 4.67. The SMILES string of the molecule is CC(C)c1ccnc2c1CC(=O)C2. The van der Waals surface area contributed by atoms with Gasteiger partial charge in [-0.2, -0.15) is 0 Å². The van der Waals surface area contributed by atoms with Crippen molar-refractivity contribution in [2.75, 3.05) is 0 Å². The Hall–Kier alpha value is -1.18. The van der Waals surface area contributed by atoms with Crippen molar-refractivity contribution >= 4 is 5.78 Å². The van der Waals surface area contributed by atoms with Crippen molar-refractivity contribution in [3.05, 3.63) is 29.1 Å². The van der Waals surface area contributed by atoms with Crippen molar-refractivity contribution in [2.45, 2.75) is 32.6 Å². The van der Waals surface area contributed by atoms with Crippen LogP contribution in [0, 0.1) is 0 Å². The Bertz CT molecular complexity index is 355. The normalized spacial score (nSPS) is 15.2. The topological polar surface area (TPSA) is 30.0 Å². The quantitative estimate of drug-likeness (QED) is 0.652. The number of hydrogen-bond acceptors (Lipinski definition) is 2. The van der Waals surface area contributed by atoms with E-state index in [2.05, 4.69) is 18.8 Å². The summed E-state index contributed by atoms with van der Waals surface area (Å²) in [4.78, 5) is 15.5. The Morgan fingerprint density at radius 3 is 2.85 bits per heavy atom. The van der Waals surface area contributed by atoms with E-state index in [1.54, 1.807) is 0 Å². The third-order valence-corrected chi connectivity index (χ3v) is 2.54. The second kappa shape index (κ2) is 2.95. The Morgan fingerprint density at radius 2 is 2.15 bits per heavy atom. The standard InChI is InChI=1S/C11H13NO/c1-7(2)9-3-4-12-11-6-8(13)5-10(9)11/h3-4,7H,5-6H2,1-2H3. The first-order chi connectivity index (χ1) is 6.18. The molecule has 2 rings (SSSR count). The number of hydrogen-bond donors (Lipinski definition) is 0. The fourth-order valence-electron chi connectivity index (χ4n) is 1.90. The number of nitrogens with zero attached hydrogens (tertiary/aromatic N) is 1. The highest BCUT2D eigenvalue weighted by molar-refractivity contribution is 5.87. The van der Waals surface area contributed by atoms with E-state index in [0.29, 0.717) is 24.5 Å². The van der Waals surface area contributed by atoms with Crippen LogP contribution in [0.5, 0.6) is 0 Å². The number of rotatable bonds is 1. The van der Waals surface area contributed by atoms with E-state index >= 15 is 0 Å². The van der Waals surface area contributed by atoms with Crippen LogP contribution in [0.25, 0.3) is 0 Å². The highest BCUT2D eigenvalue weighted by atomic mass is 16.1. The maximum Gasteiger partial charge on any atom is 0.143 e. The van der Waals surface area contributed by atoms with E-state index < -0.39 is 0 Å². The smallest absolute Gasteiger partial charge is 0.143 e. The Morgan fingerprint density at radius 1 is 1.38 bits per heavy atom. The van der Waals surface area contributed by atoms with E-state index in [0.717, 1.165) is 5.69 Å². The zero-order chi connectivity index (χ0) is 9.42. The molecule has 0 radical (unpaired) electrons. The van der Waals surface area contributed by atoms with Gasteiger partial charge in [0.25, 0.3) is 0 Å². The zero-order valence-corrected chi connectivity index (χ0v) is 8.00. The molecule has 0 unspecified atom stereocenters. The average molecular weight is 175 g/mol. The van der Waals surface area contributed by atoms with Gasteiger partial charge in [0.1, 0.15) is 5.78 Å². The molecule has 0 saturated carbocycles. The number of fused-ring (bicyclic) bond motifs is 1. The van der Waals surface area contributed by atoms with Gasteiger partial charge in [0, 0.05) is 19.0 Å². The van der Waals surface area contributed by atoms with Gasteiger partial charge in [-0.05, 0) is 23.1 Å². The summed E-state index contributed by atoms with van der Waals surface area (Å²) in [6.45, 7) is 4.30. The first kappa shape index (κ1) is 8.42. The van der Waals surface area contributed by atoms with Crippen molar-refractivity contribution in [3.8, 4) is 0 Å². The van der Waals surface area contributed by atoms with Crippen LogP contribution in [0.3, 0.4) is 0 Å². The molecular weight excluding hydrogens is 162 g/mol. The molecule has 0 fully saturated rings. The van der Waals surface area contributed by atoms with Crippen LogP contribution in [0.1, 0.15) is 36.6 Å². The summed E-state index contributed by atoms with van der Waals surface area (Å²) in [7, 11) is 0. The molecule has 0 N–H and O–H groups in total. The number of ketones is 1. The molecule has 2 heteroatoms. The summed E-state index contributed by atoms with van der Waals surface area (Å²) >= 11 is 0. The molecule has 0 bridgehead atoms. The van der Waals surface area contributed by atoms with Gasteiger partial charge in [0.05, 0.1) is 5.69 Å². The van der Waals surface area contributed by atoms with Gasteiger partial charge >= 0.3 is 0 Å². The van der Waals surface area contributed by atoms with Gasteiger partial charge in [-0.15, -0.1) is 0 Å². The third kappa shape index (κ3) is 1.37. The van der Waals surface area contributed by atoms with Crippen LogP contribution >= 0.6 is 0 Å². The number of Topliss-reactive ketones (excluding diaryl/α,β-unsaturated/α-hetero) is 1. The van der Waals surface area contributed by atoms with Crippen molar-refractivity contribution < 1.29 is 4.79 Å². The van der Waals surface area contributed by atoms with Gasteiger partial charge in [-0.25, -0.2) is 0 Å². The summed E-state index contributed by atoms with van der Waals surface area (Å²) in [5.74, 6) is 0.790. The van der Waals surface area contributed by atoms with Gasteiger partial charge < -0.3 is 0 Å². The first-order valence-corrected chi connectivity index (χ1v) is 4.67. The van der Waals surface area contributed by atoms with Crippen LogP contribution in [0.2, 0.25) is 0 Å². The van der Waals surface area contributed by atoms with Gasteiger partial charge in [0.2, 0.25) is 0 Å². The molecule has 0 aromatic carbocycles. The lowest BCUT2D eigenvalue weighted by Gasteiger charge is -2.09. The lowest BCUT2D eigenvalue weighted by molar-refractivity contribution is -0.117. The largest absolute Gasteiger partial charge is 0.299 e. The molecule has 0 saturated heterocycles. The Kier molecular flexibility index (Phi) is 1.91. The number of carbonyl (C=O) groups is 1. The number of aromatic nitrogens is 1. The molecule has 0 spiro atoms. The fourth-order valence-corrected chi connectivity index (χ4v) is 1.90. The van der Waals surface area contributed by atoms with Gasteiger partial charge in [0.15, 0.2) is 0 Å². The average Bonchev–Trinajstić information content (AvgIpc) is 2.43. The maximum atomic E-state index is 11.2. The predicted octanol–water partition coefficient (Wildman–Crippen LogP) is 1.87. The molecule has 1 aliphatic carbocycles. The van der Waals surface area contributed by atoms with Crippen LogP contribution in [-0.4, -0.2) is 10.8 Å². The van der Waals surface area contributed by atoms with E-state index in [1.807, 2.05) is 12.3 Å². The van der Waals surface area contributed by atoms with Crippen molar-refractivity contribution in [1.29, 1.82) is 0 Å². The minimum Gasteiger partial charge on any atom is -0.299 e. The maximum absolute atomic E-state index is 11.2.